The minimum atomic E-state index is -3.42. The van der Waals surface area contributed by atoms with Crippen LogP contribution in [0.3, 0.4) is 0 Å². The van der Waals surface area contributed by atoms with E-state index in [9.17, 15) is 22.7 Å². The van der Waals surface area contributed by atoms with E-state index in [1.807, 2.05) is 0 Å². The molecule has 0 unspecified atom stereocenters. The van der Waals surface area contributed by atoms with Crippen molar-refractivity contribution in [3.05, 3.63) is 53.8 Å². The molecule has 1 amide bonds. The van der Waals surface area contributed by atoms with Crippen LogP contribution >= 0.6 is 0 Å². The lowest BCUT2D eigenvalue weighted by Gasteiger charge is -2.03. The molecule has 26 heavy (non-hydrogen) atoms. The molecule has 3 rings (SSSR count). The summed E-state index contributed by atoms with van der Waals surface area (Å²) in [5.74, 6) is -1.57. The number of rotatable bonds is 4. The summed E-state index contributed by atoms with van der Waals surface area (Å²) in [6.45, 7) is 0. The summed E-state index contributed by atoms with van der Waals surface area (Å²) in [7, 11) is -3.42. The fourth-order valence-corrected chi connectivity index (χ4v) is 2.85. The molecule has 0 aliphatic heterocycles. The number of carbonyl (C=O) groups is 1. The van der Waals surface area contributed by atoms with Gasteiger partial charge in [0.05, 0.1) is 11.8 Å². The zero-order valence-corrected chi connectivity index (χ0v) is 14.2. The quantitative estimate of drug-likeness (QED) is 0.604. The van der Waals surface area contributed by atoms with Crippen molar-refractivity contribution in [2.45, 2.75) is 0 Å². The summed E-state index contributed by atoms with van der Waals surface area (Å²) in [6.07, 6.45) is 1.01. The normalized spacial score (nSPS) is 11.9. The fraction of sp³-hybridized carbons (Fsp3) is 0.0625. The molecular formula is C16H13FN4O4S. The fourth-order valence-electron chi connectivity index (χ4n) is 2.29. The highest BCUT2D eigenvalue weighted by atomic mass is 32.2. The maximum absolute atomic E-state index is 13.4. The number of hydrogen-bond acceptors (Lipinski definition) is 5. The minimum Gasteiger partial charge on any atom is -0.493 e. The van der Waals surface area contributed by atoms with Crippen LogP contribution in [-0.4, -0.2) is 30.7 Å². The average Bonchev–Trinajstić information content (AvgIpc) is 2.86. The molecule has 8 nitrogen and oxygen atoms in total. The number of nitrogens with zero attached hydrogens (tertiary/aromatic N) is 2. The number of aromatic amines is 1. The number of benzene rings is 2. The zero-order valence-electron chi connectivity index (χ0n) is 13.4. The second-order valence-electron chi connectivity index (χ2n) is 5.47. The van der Waals surface area contributed by atoms with Crippen LogP contribution in [0.25, 0.3) is 10.9 Å². The van der Waals surface area contributed by atoms with E-state index in [1.54, 1.807) is 0 Å². The Morgan fingerprint density at radius 2 is 1.88 bits per heavy atom. The highest BCUT2D eigenvalue weighted by Gasteiger charge is 2.12. The van der Waals surface area contributed by atoms with Crippen LogP contribution in [0.5, 0.6) is 5.88 Å². The van der Waals surface area contributed by atoms with Gasteiger partial charge in [0.2, 0.25) is 15.9 Å². The van der Waals surface area contributed by atoms with Crippen molar-refractivity contribution < 1.29 is 22.7 Å². The number of nitrogens with one attached hydrogen (secondary N) is 2. The first-order chi connectivity index (χ1) is 12.2. The first-order valence-electron chi connectivity index (χ1n) is 7.27. The predicted octanol–water partition coefficient (Wildman–Crippen LogP) is 3.31. The van der Waals surface area contributed by atoms with Crippen LogP contribution in [0.1, 0.15) is 10.4 Å². The first-order valence-corrected chi connectivity index (χ1v) is 9.16. The molecule has 0 atom stereocenters. The van der Waals surface area contributed by atoms with E-state index in [-0.39, 0.29) is 22.5 Å². The number of anilines is 1. The van der Waals surface area contributed by atoms with Crippen molar-refractivity contribution in [2.24, 2.45) is 10.2 Å². The molecule has 0 fully saturated rings. The van der Waals surface area contributed by atoms with Gasteiger partial charge in [0, 0.05) is 16.6 Å². The molecule has 10 heteroatoms. The van der Waals surface area contributed by atoms with Crippen molar-refractivity contribution in [1.82, 2.24) is 4.98 Å². The topological polar surface area (TPSA) is 124 Å². The number of carbonyl (C=O) groups excluding carboxylic acids is 1. The van der Waals surface area contributed by atoms with E-state index < -0.39 is 21.7 Å². The number of fused-ring (bicyclic) bond motifs is 1. The summed E-state index contributed by atoms with van der Waals surface area (Å²) in [5.41, 5.74) is 0.855. The predicted molar refractivity (Wildman–Crippen MR) is 93.7 cm³/mol. The van der Waals surface area contributed by atoms with Crippen LogP contribution in [0.2, 0.25) is 0 Å². The summed E-state index contributed by atoms with van der Waals surface area (Å²) < 4.78 is 37.9. The van der Waals surface area contributed by atoms with Crippen molar-refractivity contribution in [3.63, 3.8) is 0 Å². The largest absolute Gasteiger partial charge is 0.493 e. The third kappa shape index (κ3) is 3.86. The summed E-state index contributed by atoms with van der Waals surface area (Å²) in [6, 6.07) is 9.38. The number of aromatic hydroxyl groups is 1. The lowest BCUT2D eigenvalue weighted by Crippen LogP contribution is -2.09. The van der Waals surface area contributed by atoms with E-state index in [0.29, 0.717) is 11.2 Å². The Hall–Kier alpha value is -3.27. The number of sulfonamides is 1. The van der Waals surface area contributed by atoms with Gasteiger partial charge in [-0.05, 0) is 42.5 Å². The molecule has 0 aliphatic carbocycles. The van der Waals surface area contributed by atoms with Gasteiger partial charge in [-0.3, -0.25) is 9.52 Å². The number of azo groups is 1. The lowest BCUT2D eigenvalue weighted by molar-refractivity contribution is 0.0995. The maximum Gasteiger partial charge on any atom is 0.295 e. The van der Waals surface area contributed by atoms with Gasteiger partial charge in [-0.1, -0.05) is 0 Å². The van der Waals surface area contributed by atoms with Crippen molar-refractivity contribution in [3.8, 4) is 5.88 Å². The van der Waals surface area contributed by atoms with E-state index in [4.69, 9.17) is 0 Å². The second kappa shape index (κ2) is 6.56. The van der Waals surface area contributed by atoms with Gasteiger partial charge in [-0.15, -0.1) is 10.2 Å². The SMILES string of the molecule is CS(=O)(=O)Nc1ccc(C(=O)N=Nc2c(O)[nH]c3ccc(F)cc23)cc1. The van der Waals surface area contributed by atoms with Crippen LogP contribution in [0.15, 0.2) is 52.7 Å². The molecule has 134 valence electrons. The third-order valence-electron chi connectivity index (χ3n) is 3.39. The maximum atomic E-state index is 13.4. The van der Waals surface area contributed by atoms with Crippen molar-refractivity contribution in [1.29, 1.82) is 0 Å². The molecule has 1 aromatic heterocycles. The van der Waals surface area contributed by atoms with E-state index in [0.717, 1.165) is 12.3 Å². The number of aromatic nitrogens is 1. The smallest absolute Gasteiger partial charge is 0.295 e. The monoisotopic (exact) mass is 376 g/mol. The van der Waals surface area contributed by atoms with E-state index in [2.05, 4.69) is 19.9 Å². The molecule has 0 bridgehead atoms. The highest BCUT2D eigenvalue weighted by Crippen LogP contribution is 2.35. The Labute approximate surface area is 147 Å². The molecule has 0 radical (unpaired) electrons. The Morgan fingerprint density at radius 3 is 2.54 bits per heavy atom. The number of halogens is 1. The Morgan fingerprint density at radius 1 is 1.19 bits per heavy atom. The standard InChI is InChI=1S/C16H13FN4O4S/c1-26(24,25)21-11-5-2-9(3-6-11)15(22)20-19-14-12-8-10(17)4-7-13(12)18-16(14)23/h2-8,18,21,23H,1H3. The number of amides is 1. The lowest BCUT2D eigenvalue weighted by atomic mass is 10.2. The van der Waals surface area contributed by atoms with Gasteiger partial charge in [0.15, 0.2) is 5.69 Å². The van der Waals surface area contributed by atoms with Crippen LogP contribution < -0.4 is 4.72 Å². The van der Waals surface area contributed by atoms with Gasteiger partial charge in [-0.25, -0.2) is 12.8 Å². The molecular weight excluding hydrogens is 363 g/mol. The van der Waals surface area contributed by atoms with E-state index >= 15 is 0 Å². The summed E-state index contributed by atoms with van der Waals surface area (Å²) >= 11 is 0. The average molecular weight is 376 g/mol. The van der Waals surface area contributed by atoms with Crippen LogP contribution in [-0.2, 0) is 10.0 Å². The highest BCUT2D eigenvalue weighted by molar-refractivity contribution is 7.92. The van der Waals surface area contributed by atoms with Crippen molar-refractivity contribution >= 4 is 38.2 Å². The van der Waals surface area contributed by atoms with Crippen LogP contribution in [0, 0.1) is 5.82 Å². The summed E-state index contributed by atoms with van der Waals surface area (Å²) in [5, 5.41) is 17.4. The molecule has 0 spiro atoms. The molecule has 1 heterocycles. The first kappa shape index (κ1) is 17.5. The molecule has 3 aromatic rings. The number of hydrogen-bond donors (Lipinski definition) is 3. The molecule has 2 aromatic carbocycles. The van der Waals surface area contributed by atoms with Gasteiger partial charge < -0.3 is 10.1 Å². The Balaban J connectivity index is 1.84. The Bertz CT molecular complexity index is 1120. The summed E-state index contributed by atoms with van der Waals surface area (Å²) in [4.78, 5) is 14.7. The van der Waals surface area contributed by atoms with E-state index in [1.165, 1.54) is 36.4 Å². The molecule has 3 N–H and O–H groups in total. The third-order valence-corrected chi connectivity index (χ3v) is 4.00. The van der Waals surface area contributed by atoms with Gasteiger partial charge in [-0.2, -0.15) is 0 Å². The molecule has 0 aliphatic rings. The zero-order chi connectivity index (χ0) is 18.9. The molecule has 0 saturated heterocycles. The van der Waals surface area contributed by atoms with Gasteiger partial charge in [0.25, 0.3) is 5.91 Å². The van der Waals surface area contributed by atoms with Gasteiger partial charge in [0.1, 0.15) is 5.82 Å². The van der Waals surface area contributed by atoms with Crippen LogP contribution in [0.4, 0.5) is 15.8 Å². The molecule has 0 saturated carbocycles. The minimum absolute atomic E-state index is 0.0526. The Kier molecular flexibility index (Phi) is 4.43. The van der Waals surface area contributed by atoms with Gasteiger partial charge >= 0.3 is 0 Å². The number of H-pyrrole nitrogens is 1. The van der Waals surface area contributed by atoms with Crippen molar-refractivity contribution in [2.75, 3.05) is 11.0 Å². The second-order valence-corrected chi connectivity index (χ2v) is 7.22.